The van der Waals surface area contributed by atoms with Gasteiger partial charge >= 0.3 is 0 Å². The summed E-state index contributed by atoms with van der Waals surface area (Å²) < 4.78 is 0. The second-order valence-electron chi connectivity index (χ2n) is 4.53. The molecule has 0 unspecified atom stereocenters. The summed E-state index contributed by atoms with van der Waals surface area (Å²) in [6.07, 6.45) is 3.01. The topological polar surface area (TPSA) is 29.1 Å². The van der Waals surface area contributed by atoms with E-state index in [0.29, 0.717) is 12.3 Å². The van der Waals surface area contributed by atoms with Crippen LogP contribution < -0.4 is 5.32 Å². The normalized spacial score (nSPS) is 18.8. The van der Waals surface area contributed by atoms with Crippen LogP contribution in [-0.2, 0) is 4.79 Å². The lowest BCUT2D eigenvalue weighted by Gasteiger charge is -2.12. The van der Waals surface area contributed by atoms with Crippen LogP contribution in [0.1, 0.15) is 33.1 Å². The van der Waals surface area contributed by atoms with Crippen molar-refractivity contribution in [2.24, 2.45) is 11.3 Å². The molecule has 1 aliphatic carbocycles. The van der Waals surface area contributed by atoms with E-state index in [1.807, 2.05) is 0 Å². The average Bonchev–Trinajstić information content (AvgIpc) is 2.82. The smallest absolute Gasteiger partial charge is 0.220 e. The molecule has 0 aromatic rings. The second-order valence-corrected chi connectivity index (χ2v) is 4.85. The maximum atomic E-state index is 11.4. The van der Waals surface area contributed by atoms with Gasteiger partial charge in [0.25, 0.3) is 0 Å². The highest BCUT2D eigenvalue weighted by Gasteiger charge is 2.42. The Labute approximate surface area is 85.9 Å². The van der Waals surface area contributed by atoms with Gasteiger partial charge in [0.15, 0.2) is 0 Å². The molecule has 0 heterocycles. The van der Waals surface area contributed by atoms with Gasteiger partial charge in [0, 0.05) is 13.0 Å². The zero-order valence-corrected chi connectivity index (χ0v) is 9.36. The third-order valence-electron chi connectivity index (χ3n) is 2.54. The monoisotopic (exact) mass is 201 g/mol. The molecule has 1 fully saturated rings. The van der Waals surface area contributed by atoms with Crippen molar-refractivity contribution in [1.29, 1.82) is 0 Å². The fourth-order valence-corrected chi connectivity index (χ4v) is 1.72. The first-order valence-electron chi connectivity index (χ1n) is 4.95. The van der Waals surface area contributed by atoms with E-state index in [9.17, 15) is 4.79 Å². The number of amides is 1. The first-order chi connectivity index (χ1) is 6.08. The Morgan fingerprint density at radius 3 is 2.54 bits per heavy atom. The molecule has 0 spiro atoms. The van der Waals surface area contributed by atoms with Gasteiger partial charge in [0.2, 0.25) is 5.91 Å². The van der Waals surface area contributed by atoms with Crippen molar-refractivity contribution < 1.29 is 4.79 Å². The number of carbonyl (C=O) groups is 1. The third kappa shape index (κ3) is 3.59. The van der Waals surface area contributed by atoms with Gasteiger partial charge in [-0.3, -0.25) is 4.79 Å². The van der Waals surface area contributed by atoms with Gasteiger partial charge in [-0.05, 0) is 29.9 Å². The van der Waals surface area contributed by atoms with Crippen LogP contribution in [0.2, 0.25) is 0 Å². The predicted molar refractivity (Wildman–Crippen MR) is 58.0 cm³/mol. The average molecular weight is 201 g/mol. The molecule has 0 saturated heterocycles. The van der Waals surface area contributed by atoms with E-state index in [1.54, 1.807) is 0 Å². The fourth-order valence-electron chi connectivity index (χ4n) is 1.29. The molecule has 76 valence electrons. The first kappa shape index (κ1) is 10.9. The first-order valence-corrected chi connectivity index (χ1v) is 5.59. The van der Waals surface area contributed by atoms with Gasteiger partial charge < -0.3 is 5.32 Å². The summed E-state index contributed by atoms with van der Waals surface area (Å²) in [5.74, 6) is 1.58. The lowest BCUT2D eigenvalue weighted by Crippen LogP contribution is -2.29. The number of carbonyl (C=O) groups excluding carboxylic acids is 1. The summed E-state index contributed by atoms with van der Waals surface area (Å²) in [4.78, 5) is 11.4. The van der Waals surface area contributed by atoms with Crippen molar-refractivity contribution in [2.45, 2.75) is 33.1 Å². The fraction of sp³-hybridized carbons (Fsp3) is 0.900. The van der Waals surface area contributed by atoms with E-state index < -0.39 is 0 Å². The molecule has 3 heteroatoms. The molecule has 0 bridgehead atoms. The zero-order valence-electron chi connectivity index (χ0n) is 8.47. The molecule has 0 aliphatic heterocycles. The van der Waals surface area contributed by atoms with Crippen LogP contribution >= 0.6 is 12.6 Å². The largest absolute Gasteiger partial charge is 0.356 e. The predicted octanol–water partition coefficient (Wildman–Crippen LogP) is 1.86. The zero-order chi connectivity index (χ0) is 9.90. The maximum absolute atomic E-state index is 11.4. The molecule has 0 aromatic carbocycles. The molecule has 2 nitrogen and oxygen atoms in total. The van der Waals surface area contributed by atoms with Crippen molar-refractivity contribution in [1.82, 2.24) is 5.32 Å². The SMILES string of the molecule is CC(C)CNC(=O)CC1(CS)CC1. The van der Waals surface area contributed by atoms with Gasteiger partial charge in [-0.2, -0.15) is 12.6 Å². The van der Waals surface area contributed by atoms with E-state index in [4.69, 9.17) is 0 Å². The third-order valence-corrected chi connectivity index (χ3v) is 3.21. The number of rotatable bonds is 5. The van der Waals surface area contributed by atoms with Crippen LogP contribution in [0.3, 0.4) is 0 Å². The molecule has 0 aromatic heterocycles. The Balaban J connectivity index is 2.18. The lowest BCUT2D eigenvalue weighted by atomic mass is 10.1. The van der Waals surface area contributed by atoms with Crippen LogP contribution in [0.4, 0.5) is 0 Å². The summed E-state index contributed by atoms with van der Waals surface area (Å²) in [6, 6.07) is 0. The Hall–Kier alpha value is -0.180. The van der Waals surface area contributed by atoms with E-state index in [2.05, 4.69) is 31.8 Å². The number of hydrogen-bond donors (Lipinski definition) is 2. The van der Waals surface area contributed by atoms with Crippen LogP contribution in [0.15, 0.2) is 0 Å². The van der Waals surface area contributed by atoms with Gasteiger partial charge in [-0.25, -0.2) is 0 Å². The maximum Gasteiger partial charge on any atom is 0.220 e. The molecule has 1 saturated carbocycles. The summed E-state index contributed by atoms with van der Waals surface area (Å²) in [6.45, 7) is 5.00. The molecule has 0 atom stereocenters. The van der Waals surface area contributed by atoms with E-state index >= 15 is 0 Å². The Morgan fingerprint density at radius 2 is 2.15 bits per heavy atom. The molecular weight excluding hydrogens is 182 g/mol. The Bertz CT molecular complexity index is 187. The Morgan fingerprint density at radius 1 is 1.54 bits per heavy atom. The molecular formula is C10H19NOS. The van der Waals surface area contributed by atoms with E-state index in [0.717, 1.165) is 12.3 Å². The van der Waals surface area contributed by atoms with Crippen molar-refractivity contribution >= 4 is 18.5 Å². The summed E-state index contributed by atoms with van der Waals surface area (Å²) in [5.41, 5.74) is 0.254. The number of thiol groups is 1. The quantitative estimate of drug-likeness (QED) is 0.653. The number of hydrogen-bond acceptors (Lipinski definition) is 2. The minimum atomic E-state index is 0.195. The minimum Gasteiger partial charge on any atom is -0.356 e. The van der Waals surface area contributed by atoms with Crippen molar-refractivity contribution in [3.8, 4) is 0 Å². The second kappa shape index (κ2) is 4.36. The standard InChI is InChI=1S/C10H19NOS/c1-8(2)6-11-9(12)5-10(7-13)3-4-10/h8,13H,3-7H2,1-2H3,(H,11,12). The van der Waals surface area contributed by atoms with Gasteiger partial charge in [-0.1, -0.05) is 13.8 Å². The number of nitrogens with one attached hydrogen (secondary N) is 1. The van der Waals surface area contributed by atoms with Gasteiger partial charge in [0.1, 0.15) is 0 Å². The minimum absolute atomic E-state index is 0.195. The summed E-state index contributed by atoms with van der Waals surface area (Å²) >= 11 is 4.27. The molecule has 1 amide bonds. The van der Waals surface area contributed by atoms with Crippen LogP contribution in [0, 0.1) is 11.3 Å². The van der Waals surface area contributed by atoms with Gasteiger partial charge in [0.05, 0.1) is 0 Å². The summed E-state index contributed by atoms with van der Waals surface area (Å²) in [7, 11) is 0. The summed E-state index contributed by atoms with van der Waals surface area (Å²) in [5, 5.41) is 2.94. The highest BCUT2D eigenvalue weighted by atomic mass is 32.1. The highest BCUT2D eigenvalue weighted by molar-refractivity contribution is 7.80. The molecule has 1 N–H and O–H groups in total. The van der Waals surface area contributed by atoms with Crippen LogP contribution in [0.5, 0.6) is 0 Å². The molecule has 13 heavy (non-hydrogen) atoms. The van der Waals surface area contributed by atoms with Crippen molar-refractivity contribution in [3.05, 3.63) is 0 Å². The van der Waals surface area contributed by atoms with Gasteiger partial charge in [-0.15, -0.1) is 0 Å². The van der Waals surface area contributed by atoms with E-state index in [1.165, 1.54) is 12.8 Å². The molecule has 1 aliphatic rings. The van der Waals surface area contributed by atoms with Crippen molar-refractivity contribution in [2.75, 3.05) is 12.3 Å². The van der Waals surface area contributed by atoms with Crippen LogP contribution in [0.25, 0.3) is 0 Å². The highest BCUT2D eigenvalue weighted by Crippen LogP contribution is 2.49. The molecule has 1 rings (SSSR count). The molecule has 0 radical (unpaired) electrons. The van der Waals surface area contributed by atoms with E-state index in [-0.39, 0.29) is 11.3 Å². The lowest BCUT2D eigenvalue weighted by molar-refractivity contribution is -0.122. The Kier molecular flexibility index (Phi) is 3.65. The van der Waals surface area contributed by atoms with Crippen molar-refractivity contribution in [3.63, 3.8) is 0 Å². The van der Waals surface area contributed by atoms with Crippen LogP contribution in [-0.4, -0.2) is 18.2 Å².